The van der Waals surface area contributed by atoms with Gasteiger partial charge in [0.15, 0.2) is 0 Å². The first kappa shape index (κ1) is 21.7. The number of hydrogen-bond acceptors (Lipinski definition) is 6. The molecule has 0 aromatic carbocycles. The quantitative estimate of drug-likeness (QED) is 0.205. The van der Waals surface area contributed by atoms with Crippen molar-refractivity contribution in [1.29, 1.82) is 0 Å². The maximum absolute atomic E-state index is 12.5. The summed E-state index contributed by atoms with van der Waals surface area (Å²) in [7, 11) is -3.25. The summed E-state index contributed by atoms with van der Waals surface area (Å²) in [6.45, 7) is 3.82. The van der Waals surface area contributed by atoms with Crippen LogP contribution >= 0.6 is 19.1 Å². The van der Waals surface area contributed by atoms with Crippen LogP contribution in [-0.2, 0) is 13.8 Å². The molecule has 150 valence electrons. The van der Waals surface area contributed by atoms with Crippen molar-refractivity contribution in [2.24, 2.45) is 5.11 Å². The first-order valence-electron chi connectivity index (χ1n) is 8.40. The van der Waals surface area contributed by atoms with Crippen molar-refractivity contribution in [2.45, 2.75) is 45.1 Å². The molecule has 0 aliphatic carbocycles. The Labute approximate surface area is 160 Å². The van der Waals surface area contributed by atoms with E-state index in [0.717, 1.165) is 6.42 Å². The van der Waals surface area contributed by atoms with Gasteiger partial charge in [-0.3, -0.25) is 18.9 Å². The molecule has 1 fully saturated rings. The number of rotatable bonds is 9. The van der Waals surface area contributed by atoms with E-state index in [1.807, 2.05) is 6.92 Å². The predicted molar refractivity (Wildman–Crippen MR) is 100 cm³/mol. The van der Waals surface area contributed by atoms with E-state index in [-0.39, 0.29) is 18.6 Å². The molecular formula is C14H22ClN6O5P. The van der Waals surface area contributed by atoms with Gasteiger partial charge in [0, 0.05) is 29.6 Å². The molecule has 11 nitrogen and oxygen atoms in total. The second-order valence-corrected chi connectivity index (χ2v) is 8.99. The van der Waals surface area contributed by atoms with E-state index in [0.29, 0.717) is 12.1 Å². The van der Waals surface area contributed by atoms with Crippen molar-refractivity contribution < 1.29 is 13.8 Å². The Bertz CT molecular complexity index is 866. The zero-order valence-electron chi connectivity index (χ0n) is 15.0. The highest BCUT2D eigenvalue weighted by Crippen LogP contribution is 2.44. The molecule has 1 aromatic rings. The van der Waals surface area contributed by atoms with Crippen LogP contribution in [0.2, 0.25) is 0 Å². The van der Waals surface area contributed by atoms with Crippen molar-refractivity contribution in [3.05, 3.63) is 43.0 Å². The highest BCUT2D eigenvalue weighted by Gasteiger charge is 2.38. The molecule has 2 heterocycles. The third kappa shape index (κ3) is 5.44. The number of ether oxygens (including phenoxy) is 1. The summed E-state index contributed by atoms with van der Waals surface area (Å²) in [5.41, 5.74) is 7.80. The number of aryl methyl sites for hydroxylation is 1. The number of nitrogens with zero attached hydrogens (tertiary/aromatic N) is 4. The van der Waals surface area contributed by atoms with Gasteiger partial charge in [0.25, 0.3) is 13.1 Å². The molecule has 2 rings (SSSR count). The zero-order valence-corrected chi connectivity index (χ0v) is 16.7. The Kier molecular flexibility index (Phi) is 7.67. The lowest BCUT2D eigenvalue weighted by Crippen LogP contribution is -2.33. The van der Waals surface area contributed by atoms with Crippen molar-refractivity contribution in [3.8, 4) is 0 Å². The number of hydrogen-bond donors (Lipinski definition) is 2. The van der Waals surface area contributed by atoms with Gasteiger partial charge >= 0.3 is 5.69 Å². The minimum atomic E-state index is -3.25. The van der Waals surface area contributed by atoms with Gasteiger partial charge in [0.05, 0.1) is 18.8 Å². The van der Waals surface area contributed by atoms with Crippen LogP contribution in [-0.4, -0.2) is 40.5 Å². The average molecular weight is 421 g/mol. The maximum atomic E-state index is 12.5. The van der Waals surface area contributed by atoms with Crippen molar-refractivity contribution in [1.82, 2.24) is 14.6 Å². The number of aromatic nitrogens is 2. The lowest BCUT2D eigenvalue weighted by molar-refractivity contribution is -0.0222. The molecule has 1 aromatic heterocycles. The third-order valence-electron chi connectivity index (χ3n) is 4.07. The lowest BCUT2D eigenvalue weighted by atomic mass is 10.1. The summed E-state index contributed by atoms with van der Waals surface area (Å²) in [6, 6.07) is -0.630. The van der Waals surface area contributed by atoms with Crippen LogP contribution in [0, 0.1) is 6.92 Å². The predicted octanol–water partition coefficient (Wildman–Crippen LogP) is 2.22. The van der Waals surface area contributed by atoms with Crippen LogP contribution in [0.3, 0.4) is 0 Å². The number of azide groups is 1. The minimum Gasteiger partial charge on any atom is -0.352 e. The Balaban J connectivity index is 2.16. The van der Waals surface area contributed by atoms with Gasteiger partial charge in [-0.05, 0) is 18.9 Å². The SMILES string of the molecule is CCCNP(=O)(CCl)OC[C@H]1O[C@@H](n2cc(C)c(=O)[nH]c2=O)C[C@@H]1N=[N+]=[N-]. The molecule has 27 heavy (non-hydrogen) atoms. The van der Waals surface area contributed by atoms with Gasteiger partial charge in [-0.2, -0.15) is 0 Å². The first-order valence-corrected chi connectivity index (χ1v) is 10.7. The topological polar surface area (TPSA) is 151 Å². The molecule has 0 spiro atoms. The van der Waals surface area contributed by atoms with E-state index >= 15 is 0 Å². The monoisotopic (exact) mass is 420 g/mol. The molecule has 0 bridgehead atoms. The summed E-state index contributed by atoms with van der Waals surface area (Å²) >= 11 is 5.75. The molecule has 1 saturated heterocycles. The van der Waals surface area contributed by atoms with E-state index in [1.54, 1.807) is 6.92 Å². The molecule has 2 N–H and O–H groups in total. The van der Waals surface area contributed by atoms with Crippen LogP contribution in [0.15, 0.2) is 20.9 Å². The van der Waals surface area contributed by atoms with Crippen LogP contribution in [0.5, 0.6) is 0 Å². The van der Waals surface area contributed by atoms with Crippen molar-refractivity contribution >= 4 is 19.1 Å². The normalized spacial score (nSPS) is 24.3. The van der Waals surface area contributed by atoms with Crippen LogP contribution < -0.4 is 16.3 Å². The molecule has 1 unspecified atom stereocenters. The Morgan fingerprint density at radius 3 is 2.96 bits per heavy atom. The average Bonchev–Trinajstić information content (AvgIpc) is 3.04. The van der Waals surface area contributed by atoms with Gasteiger partial charge in [0.2, 0.25) is 0 Å². The molecular weight excluding hydrogens is 399 g/mol. The van der Waals surface area contributed by atoms with E-state index in [9.17, 15) is 14.2 Å². The minimum absolute atomic E-state index is 0.127. The fourth-order valence-corrected chi connectivity index (χ4v) is 4.28. The summed E-state index contributed by atoms with van der Waals surface area (Å²) < 4.78 is 25.0. The van der Waals surface area contributed by atoms with E-state index in [2.05, 4.69) is 20.1 Å². The maximum Gasteiger partial charge on any atom is 0.330 e. The zero-order chi connectivity index (χ0) is 20.0. The fraction of sp³-hybridized carbons (Fsp3) is 0.714. The number of aromatic amines is 1. The van der Waals surface area contributed by atoms with Crippen LogP contribution in [0.1, 0.15) is 31.6 Å². The summed E-state index contributed by atoms with van der Waals surface area (Å²) in [6.07, 6.45) is 0.870. The van der Waals surface area contributed by atoms with Gasteiger partial charge < -0.3 is 9.26 Å². The highest BCUT2D eigenvalue weighted by atomic mass is 35.5. The van der Waals surface area contributed by atoms with E-state index in [1.165, 1.54) is 10.8 Å². The first-order chi connectivity index (χ1) is 12.8. The Morgan fingerprint density at radius 2 is 2.33 bits per heavy atom. The summed E-state index contributed by atoms with van der Waals surface area (Å²) in [5.74, 6) is 0. The van der Waals surface area contributed by atoms with Crippen molar-refractivity contribution in [3.63, 3.8) is 0 Å². The molecule has 1 aliphatic heterocycles. The van der Waals surface area contributed by atoms with Gasteiger partial charge in [0.1, 0.15) is 11.8 Å². The molecule has 0 radical (unpaired) electrons. The standard InChI is InChI=1S/C14H22ClN6O5P/c1-3-4-17-27(24,8-15)25-7-11-10(19-20-16)5-12(26-11)21-6-9(2)13(22)18-14(21)23/h6,10-12H,3-5,7-8H2,1-2H3,(H,17,24)(H,18,22,23)/t10-,11+,12+,27?/m0/s1. The van der Waals surface area contributed by atoms with Gasteiger partial charge in [-0.25, -0.2) is 9.88 Å². The van der Waals surface area contributed by atoms with E-state index < -0.39 is 37.1 Å². The van der Waals surface area contributed by atoms with Gasteiger partial charge in [-0.15, -0.1) is 11.6 Å². The fourth-order valence-electron chi connectivity index (χ4n) is 2.62. The number of alkyl halides is 1. The second kappa shape index (κ2) is 9.54. The summed E-state index contributed by atoms with van der Waals surface area (Å²) in [5, 5.41) is 6.46. The molecule has 1 aliphatic rings. The molecule has 0 saturated carbocycles. The summed E-state index contributed by atoms with van der Waals surface area (Å²) in [4.78, 5) is 28.6. The third-order valence-corrected chi connectivity index (χ3v) is 6.60. The van der Waals surface area contributed by atoms with Crippen LogP contribution in [0.25, 0.3) is 10.4 Å². The number of nitrogens with one attached hydrogen (secondary N) is 2. The van der Waals surface area contributed by atoms with Crippen molar-refractivity contribution in [2.75, 3.05) is 18.8 Å². The van der Waals surface area contributed by atoms with Gasteiger partial charge in [-0.1, -0.05) is 12.0 Å². The Hall–Kier alpha value is -1.61. The molecule has 0 amide bonds. The second-order valence-electron chi connectivity index (χ2n) is 6.11. The molecule has 4 atom stereocenters. The van der Waals surface area contributed by atoms with E-state index in [4.69, 9.17) is 26.4 Å². The smallest absolute Gasteiger partial charge is 0.330 e. The lowest BCUT2D eigenvalue weighted by Gasteiger charge is -2.21. The Morgan fingerprint density at radius 1 is 1.59 bits per heavy atom. The largest absolute Gasteiger partial charge is 0.352 e. The highest BCUT2D eigenvalue weighted by molar-refractivity contribution is 7.58. The number of H-pyrrole nitrogens is 1. The number of halogens is 1. The van der Waals surface area contributed by atoms with Crippen LogP contribution in [0.4, 0.5) is 0 Å². The molecule has 13 heteroatoms.